The zero-order valence-corrected chi connectivity index (χ0v) is 17.0. The Kier molecular flexibility index (Phi) is 4.47. The Morgan fingerprint density at radius 1 is 1.20 bits per heavy atom. The minimum atomic E-state index is -4.28. The summed E-state index contributed by atoms with van der Waals surface area (Å²) in [6.07, 6.45) is 3.42. The number of tetrazole rings is 1. The number of hydrogen-bond donors (Lipinski definition) is 3. The lowest BCUT2D eigenvalue weighted by Gasteiger charge is -2.27. The molecule has 30 heavy (non-hydrogen) atoms. The summed E-state index contributed by atoms with van der Waals surface area (Å²) in [5, 5.41) is 22.3. The van der Waals surface area contributed by atoms with E-state index in [9.17, 15) is 12.6 Å². The maximum Gasteiger partial charge on any atom is 0.240 e. The average Bonchev–Trinajstić information content (AvgIpc) is 3.34. The smallest absolute Gasteiger partial charge is 0.240 e. The van der Waals surface area contributed by atoms with Crippen molar-refractivity contribution in [1.82, 2.24) is 35.3 Å². The summed E-state index contributed by atoms with van der Waals surface area (Å²) in [5.41, 5.74) is 1.90. The second-order valence-corrected chi connectivity index (χ2v) is 9.95. The second kappa shape index (κ2) is 7.05. The van der Waals surface area contributed by atoms with Crippen molar-refractivity contribution in [2.75, 3.05) is 13.1 Å². The first-order valence-electron chi connectivity index (χ1n) is 8.92. The van der Waals surface area contributed by atoms with Crippen molar-refractivity contribution in [3.63, 3.8) is 0 Å². The highest BCUT2D eigenvalue weighted by molar-refractivity contribution is 7.91. The van der Waals surface area contributed by atoms with E-state index in [2.05, 4.69) is 30.9 Å². The fourth-order valence-electron chi connectivity index (χ4n) is 3.43. The number of rotatable bonds is 5. The van der Waals surface area contributed by atoms with Crippen molar-refractivity contribution in [3.05, 3.63) is 42.7 Å². The Hall–Kier alpha value is -3.00. The van der Waals surface area contributed by atoms with E-state index in [1.807, 2.05) is 18.2 Å². The Bertz CT molecular complexity index is 1380. The van der Waals surface area contributed by atoms with E-state index in [0.29, 0.717) is 30.0 Å². The van der Waals surface area contributed by atoms with E-state index in [0.717, 1.165) is 0 Å². The van der Waals surface area contributed by atoms with Crippen LogP contribution in [0.15, 0.2) is 52.5 Å². The SMILES string of the molecule is NS(=O)(=O)c1c(S(=O)C2CNC2)ccc(-c2cnc3ccccn23)c1-c1nn[nH]n1. The largest absolute Gasteiger partial charge is 0.314 e. The zero-order valence-electron chi connectivity index (χ0n) is 15.4. The molecule has 1 aliphatic rings. The molecule has 13 heteroatoms. The highest BCUT2D eigenvalue weighted by Gasteiger charge is 2.33. The van der Waals surface area contributed by atoms with Crippen LogP contribution < -0.4 is 10.5 Å². The van der Waals surface area contributed by atoms with Gasteiger partial charge in [-0.05, 0) is 23.4 Å². The summed E-state index contributed by atoms with van der Waals surface area (Å²) in [7, 11) is -5.87. The van der Waals surface area contributed by atoms with Gasteiger partial charge in [0.25, 0.3) is 0 Å². The van der Waals surface area contributed by atoms with Crippen LogP contribution in [-0.4, -0.2) is 61.0 Å². The molecule has 0 amide bonds. The lowest BCUT2D eigenvalue weighted by atomic mass is 10.0. The van der Waals surface area contributed by atoms with E-state index in [-0.39, 0.29) is 26.4 Å². The molecule has 4 N–H and O–H groups in total. The maximum absolute atomic E-state index is 13.1. The molecule has 1 unspecified atom stereocenters. The number of aromatic amines is 1. The number of pyridine rings is 1. The van der Waals surface area contributed by atoms with Gasteiger partial charge in [0.2, 0.25) is 15.8 Å². The predicted molar refractivity (Wildman–Crippen MR) is 108 cm³/mol. The zero-order chi connectivity index (χ0) is 20.9. The standard InChI is InChI=1S/C17H16N8O3S2/c18-30(27,28)16-13(29(26)10-7-19-8-10)5-4-11(15(16)17-21-23-24-22-17)12-9-20-14-3-1-2-6-25(12)14/h1-6,9-10,19H,7-8H2,(H2,18,27,28)(H,21,22,23,24). The number of imidazole rings is 1. The summed E-state index contributed by atoms with van der Waals surface area (Å²) >= 11 is 0. The first kappa shape index (κ1) is 19.0. The van der Waals surface area contributed by atoms with E-state index in [4.69, 9.17) is 5.14 Å². The van der Waals surface area contributed by atoms with Crippen LogP contribution in [0, 0.1) is 0 Å². The molecule has 0 saturated carbocycles. The Morgan fingerprint density at radius 2 is 2.03 bits per heavy atom. The van der Waals surface area contributed by atoms with Crippen molar-refractivity contribution >= 4 is 26.5 Å². The molecular formula is C17H16N8O3S2. The molecule has 0 bridgehead atoms. The van der Waals surface area contributed by atoms with E-state index in [1.165, 1.54) is 6.07 Å². The van der Waals surface area contributed by atoms with Gasteiger partial charge in [0.05, 0.1) is 38.4 Å². The second-order valence-electron chi connectivity index (χ2n) is 6.75. The summed E-state index contributed by atoms with van der Waals surface area (Å²) in [6.45, 7) is 1.06. The van der Waals surface area contributed by atoms with Gasteiger partial charge in [0.1, 0.15) is 10.5 Å². The minimum Gasteiger partial charge on any atom is -0.314 e. The van der Waals surface area contributed by atoms with Crippen LogP contribution in [0.4, 0.5) is 0 Å². The van der Waals surface area contributed by atoms with Crippen molar-refractivity contribution < 1.29 is 12.6 Å². The van der Waals surface area contributed by atoms with Gasteiger partial charge in [0.15, 0.2) is 0 Å². The topological polar surface area (TPSA) is 161 Å². The molecule has 11 nitrogen and oxygen atoms in total. The van der Waals surface area contributed by atoms with E-state index < -0.39 is 20.8 Å². The van der Waals surface area contributed by atoms with Gasteiger partial charge in [-0.2, -0.15) is 5.21 Å². The van der Waals surface area contributed by atoms with Crippen LogP contribution in [0.25, 0.3) is 28.3 Å². The number of benzene rings is 1. The molecule has 0 spiro atoms. The maximum atomic E-state index is 13.1. The number of hydrogen-bond acceptors (Lipinski definition) is 8. The van der Waals surface area contributed by atoms with Gasteiger partial charge in [-0.15, -0.1) is 10.2 Å². The predicted octanol–water partition coefficient (Wildman–Crippen LogP) is -0.0918. The molecule has 1 fully saturated rings. The molecular weight excluding hydrogens is 428 g/mol. The van der Waals surface area contributed by atoms with E-state index >= 15 is 0 Å². The van der Waals surface area contributed by atoms with Crippen molar-refractivity contribution in [1.29, 1.82) is 0 Å². The monoisotopic (exact) mass is 444 g/mol. The van der Waals surface area contributed by atoms with Gasteiger partial charge in [-0.3, -0.25) is 8.61 Å². The summed E-state index contributed by atoms with van der Waals surface area (Å²) in [6, 6.07) is 8.73. The average molecular weight is 445 g/mol. The number of fused-ring (bicyclic) bond motifs is 1. The number of primary sulfonamides is 1. The number of nitrogens with one attached hydrogen (secondary N) is 2. The Morgan fingerprint density at radius 3 is 2.70 bits per heavy atom. The normalized spacial score (nSPS) is 15.9. The third kappa shape index (κ3) is 3.02. The van der Waals surface area contributed by atoms with Crippen LogP contribution in [0.2, 0.25) is 0 Å². The fraction of sp³-hybridized carbons (Fsp3) is 0.176. The molecule has 0 aliphatic carbocycles. The number of aromatic nitrogens is 6. The van der Waals surface area contributed by atoms with Crippen LogP contribution in [0.3, 0.4) is 0 Å². The van der Waals surface area contributed by atoms with Crippen molar-refractivity contribution in [2.24, 2.45) is 5.14 Å². The van der Waals surface area contributed by atoms with Crippen LogP contribution in [0.1, 0.15) is 0 Å². The van der Waals surface area contributed by atoms with Crippen molar-refractivity contribution in [2.45, 2.75) is 15.0 Å². The molecule has 4 heterocycles. The molecule has 1 aromatic carbocycles. The minimum absolute atomic E-state index is 0.0329. The van der Waals surface area contributed by atoms with Crippen LogP contribution >= 0.6 is 0 Å². The van der Waals surface area contributed by atoms with E-state index in [1.54, 1.807) is 22.9 Å². The molecule has 3 aromatic heterocycles. The van der Waals surface area contributed by atoms with Gasteiger partial charge in [-0.25, -0.2) is 18.5 Å². The first-order chi connectivity index (χ1) is 14.4. The summed E-state index contributed by atoms with van der Waals surface area (Å²) in [4.78, 5) is 4.23. The summed E-state index contributed by atoms with van der Waals surface area (Å²) in [5.74, 6) is 0.0329. The van der Waals surface area contributed by atoms with Crippen molar-refractivity contribution in [3.8, 4) is 22.6 Å². The Balaban J connectivity index is 1.85. The molecule has 0 radical (unpaired) electrons. The van der Waals surface area contributed by atoms with Crippen LogP contribution in [0.5, 0.6) is 0 Å². The molecule has 154 valence electrons. The highest BCUT2D eigenvalue weighted by atomic mass is 32.2. The highest BCUT2D eigenvalue weighted by Crippen LogP contribution is 2.39. The third-order valence-corrected chi connectivity index (χ3v) is 7.77. The lowest BCUT2D eigenvalue weighted by Crippen LogP contribution is -2.49. The molecule has 1 saturated heterocycles. The Labute approximate surface area is 173 Å². The van der Waals surface area contributed by atoms with Gasteiger partial charge >= 0.3 is 0 Å². The first-order valence-corrected chi connectivity index (χ1v) is 11.7. The lowest BCUT2D eigenvalue weighted by molar-refractivity contribution is 0.525. The third-order valence-electron chi connectivity index (χ3n) is 4.93. The molecule has 4 aromatic rings. The molecule has 1 atom stereocenters. The number of sulfonamides is 1. The van der Waals surface area contributed by atoms with Gasteiger partial charge in [-0.1, -0.05) is 12.1 Å². The number of nitrogens with zero attached hydrogens (tertiary/aromatic N) is 5. The quantitative estimate of drug-likeness (QED) is 0.385. The number of H-pyrrole nitrogens is 1. The molecule has 5 rings (SSSR count). The van der Waals surface area contributed by atoms with Crippen LogP contribution in [-0.2, 0) is 20.8 Å². The summed E-state index contributed by atoms with van der Waals surface area (Å²) < 4.78 is 40.3. The fourth-order valence-corrected chi connectivity index (χ4v) is 6.25. The number of nitrogens with two attached hydrogens (primary N) is 1. The van der Waals surface area contributed by atoms with Gasteiger partial charge < -0.3 is 5.32 Å². The molecule has 1 aliphatic heterocycles. The van der Waals surface area contributed by atoms with Gasteiger partial charge in [0, 0.05) is 24.8 Å².